The third kappa shape index (κ3) is 7.74. The van der Waals surface area contributed by atoms with Gasteiger partial charge in [0, 0.05) is 0 Å². The van der Waals surface area contributed by atoms with Gasteiger partial charge in [0.1, 0.15) is 0 Å². The van der Waals surface area contributed by atoms with Crippen LogP contribution < -0.4 is 0 Å². The number of nitrogens with zero attached hydrogens (tertiary/aromatic N) is 1. The van der Waals surface area contributed by atoms with Gasteiger partial charge in [-0.2, -0.15) is 0 Å². The molecule has 1 aliphatic rings. The van der Waals surface area contributed by atoms with Gasteiger partial charge < -0.3 is 0 Å². The van der Waals surface area contributed by atoms with E-state index in [2.05, 4.69) is 45.3 Å². The Kier molecular flexibility index (Phi) is 9.08. The summed E-state index contributed by atoms with van der Waals surface area (Å²) in [5.74, 6) is 0. The van der Waals surface area contributed by atoms with Gasteiger partial charge in [-0.15, -0.1) is 0 Å². The SMILES string of the molecule is C[CH2][Ge]([CH2]C)([CH2]C)[CH2]CP(=O)(CN1CCOCC1)O[Si](C)(C)C. The van der Waals surface area contributed by atoms with E-state index in [1.165, 1.54) is 21.0 Å². The van der Waals surface area contributed by atoms with Crippen LogP contribution in [0.5, 0.6) is 0 Å². The zero-order valence-electron chi connectivity index (χ0n) is 16.2. The Morgan fingerprint density at radius 2 is 1.61 bits per heavy atom. The van der Waals surface area contributed by atoms with E-state index >= 15 is 0 Å². The molecule has 0 N–H and O–H groups in total. The fraction of sp³-hybridized carbons (Fsp3) is 1.00. The van der Waals surface area contributed by atoms with Crippen molar-refractivity contribution in [1.29, 1.82) is 0 Å². The van der Waals surface area contributed by atoms with E-state index in [0.717, 1.165) is 32.5 Å². The van der Waals surface area contributed by atoms with E-state index in [1.807, 2.05) is 0 Å². The average molecular weight is 424 g/mol. The van der Waals surface area contributed by atoms with Gasteiger partial charge in [0.2, 0.25) is 0 Å². The molecule has 1 heterocycles. The van der Waals surface area contributed by atoms with Crippen molar-refractivity contribution in [1.82, 2.24) is 4.90 Å². The van der Waals surface area contributed by atoms with E-state index in [4.69, 9.17) is 8.95 Å². The molecule has 1 unspecified atom stereocenters. The second kappa shape index (κ2) is 9.54. The third-order valence-electron chi connectivity index (χ3n) is 5.19. The van der Waals surface area contributed by atoms with E-state index in [9.17, 15) is 4.57 Å². The Balaban J connectivity index is 2.80. The van der Waals surface area contributed by atoms with Crippen molar-refractivity contribution in [3.8, 4) is 0 Å². The van der Waals surface area contributed by atoms with Crippen molar-refractivity contribution in [2.75, 3.05) is 38.8 Å². The maximum absolute atomic E-state index is 13.7. The molecular weight excluding hydrogens is 386 g/mol. The molecule has 138 valence electrons. The number of rotatable bonds is 10. The Labute approximate surface area is 147 Å². The molecule has 1 rings (SSSR count). The molecule has 0 aromatic rings. The number of ether oxygens (including phenoxy) is 1. The molecule has 0 spiro atoms. The number of morpholine rings is 1. The molecule has 1 saturated heterocycles. The quantitative estimate of drug-likeness (QED) is 0.369. The third-order valence-corrected chi connectivity index (χ3v) is 23.5. The van der Waals surface area contributed by atoms with Gasteiger partial charge in [-0.1, -0.05) is 0 Å². The maximum atomic E-state index is 13.7. The van der Waals surface area contributed by atoms with Crippen LogP contribution in [-0.2, 0) is 13.5 Å². The summed E-state index contributed by atoms with van der Waals surface area (Å²) in [6.07, 6.45) is 1.44. The van der Waals surface area contributed by atoms with E-state index in [0.29, 0.717) is 6.29 Å². The van der Waals surface area contributed by atoms with Crippen molar-refractivity contribution in [2.45, 2.75) is 61.4 Å². The molecule has 4 nitrogen and oxygen atoms in total. The molecule has 0 radical (unpaired) electrons. The average Bonchev–Trinajstić information content (AvgIpc) is 2.48. The summed E-state index contributed by atoms with van der Waals surface area (Å²) in [6, 6.07) is 0. The molecule has 1 aliphatic heterocycles. The first-order chi connectivity index (χ1) is 10.7. The molecule has 1 fully saturated rings. The van der Waals surface area contributed by atoms with Crippen LogP contribution in [-0.4, -0.2) is 65.2 Å². The van der Waals surface area contributed by atoms with Gasteiger partial charge in [-0.05, 0) is 0 Å². The molecule has 0 bridgehead atoms. The van der Waals surface area contributed by atoms with Gasteiger partial charge in [0.25, 0.3) is 0 Å². The standard InChI is InChI=1S/C16H38GeNO3PSi/c1-7-17(8-2,9-3)10-15-22(19,21-23(4,5)6)16-18-11-13-20-14-12-18/h7-16H2,1-6H3. The first-order valence-corrected chi connectivity index (χ1v) is 20.6. The van der Waals surface area contributed by atoms with Crippen LogP contribution in [0.25, 0.3) is 0 Å². The van der Waals surface area contributed by atoms with Crippen LogP contribution in [0, 0.1) is 0 Å². The van der Waals surface area contributed by atoms with E-state index in [-0.39, 0.29) is 0 Å². The Morgan fingerprint density at radius 1 is 1.09 bits per heavy atom. The van der Waals surface area contributed by atoms with Crippen LogP contribution >= 0.6 is 7.37 Å². The van der Waals surface area contributed by atoms with E-state index in [1.54, 1.807) is 0 Å². The first-order valence-electron chi connectivity index (χ1n) is 9.26. The van der Waals surface area contributed by atoms with Crippen LogP contribution in [0.4, 0.5) is 0 Å². The van der Waals surface area contributed by atoms with Crippen molar-refractivity contribution < 1.29 is 13.5 Å². The van der Waals surface area contributed by atoms with Gasteiger partial charge >= 0.3 is 148 Å². The summed E-state index contributed by atoms with van der Waals surface area (Å²) >= 11 is -1.80. The van der Waals surface area contributed by atoms with Crippen molar-refractivity contribution >= 4 is 29.0 Å². The second-order valence-electron chi connectivity index (χ2n) is 7.92. The Morgan fingerprint density at radius 3 is 2.04 bits per heavy atom. The minimum atomic E-state index is -2.57. The van der Waals surface area contributed by atoms with Crippen molar-refractivity contribution in [2.24, 2.45) is 0 Å². The molecule has 1 atom stereocenters. The normalized spacial score (nSPS) is 20.4. The summed E-state index contributed by atoms with van der Waals surface area (Å²) < 4.78 is 25.4. The first kappa shape index (κ1) is 21.9. The summed E-state index contributed by atoms with van der Waals surface area (Å²) in [5, 5.41) is 5.24. The predicted octanol–water partition coefficient (Wildman–Crippen LogP) is 4.91. The zero-order valence-corrected chi connectivity index (χ0v) is 20.2. The fourth-order valence-electron chi connectivity index (χ4n) is 3.38. The predicted molar refractivity (Wildman–Crippen MR) is 106 cm³/mol. The summed E-state index contributed by atoms with van der Waals surface area (Å²) in [7, 11) is -4.37. The number of hydrogen-bond acceptors (Lipinski definition) is 4. The molecule has 23 heavy (non-hydrogen) atoms. The van der Waals surface area contributed by atoms with E-state index < -0.39 is 29.0 Å². The molecule has 0 aliphatic carbocycles. The fourth-order valence-corrected chi connectivity index (χ4v) is 20.3. The van der Waals surface area contributed by atoms with Gasteiger partial charge in [-0.3, -0.25) is 0 Å². The van der Waals surface area contributed by atoms with Gasteiger partial charge in [0.15, 0.2) is 0 Å². The molecule has 0 saturated carbocycles. The molecule has 0 aromatic carbocycles. The van der Waals surface area contributed by atoms with Gasteiger partial charge in [0.05, 0.1) is 0 Å². The van der Waals surface area contributed by atoms with Crippen LogP contribution in [0.2, 0.25) is 40.7 Å². The Hall–Kier alpha value is 0.870. The Bertz CT molecular complexity index is 385. The van der Waals surface area contributed by atoms with Gasteiger partial charge in [-0.25, -0.2) is 0 Å². The van der Waals surface area contributed by atoms with Crippen LogP contribution in [0.3, 0.4) is 0 Å². The summed E-state index contributed by atoms with van der Waals surface area (Å²) in [5.41, 5.74) is 0. The van der Waals surface area contributed by atoms with Crippen LogP contribution in [0.15, 0.2) is 0 Å². The minimum absolute atomic E-state index is 0.635. The summed E-state index contributed by atoms with van der Waals surface area (Å²) in [4.78, 5) is 2.29. The number of hydrogen-bond donors (Lipinski definition) is 0. The zero-order chi connectivity index (χ0) is 17.6. The monoisotopic (exact) mass is 425 g/mol. The summed E-state index contributed by atoms with van der Waals surface area (Å²) in [6.45, 7) is 16.8. The molecule has 0 amide bonds. The van der Waals surface area contributed by atoms with Crippen molar-refractivity contribution in [3.63, 3.8) is 0 Å². The topological polar surface area (TPSA) is 38.8 Å². The van der Waals surface area contributed by atoms with Crippen molar-refractivity contribution in [3.05, 3.63) is 0 Å². The second-order valence-corrected chi connectivity index (χ2v) is 27.0. The molecular formula is C16H38GeNO3PSi. The molecule has 7 heteroatoms. The van der Waals surface area contributed by atoms with Crippen LogP contribution in [0.1, 0.15) is 20.8 Å². The molecule has 0 aromatic heterocycles.